The van der Waals surface area contributed by atoms with Crippen molar-refractivity contribution in [2.45, 2.75) is 46.1 Å². The number of aryl methyl sites for hydroxylation is 1. The minimum Gasteiger partial charge on any atom is -0.473 e. The van der Waals surface area contributed by atoms with Crippen LogP contribution < -0.4 is 4.74 Å². The number of aromatic nitrogens is 1. The fourth-order valence-corrected chi connectivity index (χ4v) is 2.61. The molecule has 0 radical (unpaired) electrons. The molecule has 22 heavy (non-hydrogen) atoms. The van der Waals surface area contributed by atoms with Crippen LogP contribution in [0.15, 0.2) is 27.2 Å². The van der Waals surface area contributed by atoms with Crippen molar-refractivity contribution in [2.75, 3.05) is 13.6 Å². The first-order valence-corrected chi connectivity index (χ1v) is 8.52. The third-order valence-electron chi connectivity index (χ3n) is 3.87. The van der Waals surface area contributed by atoms with E-state index < -0.39 is 0 Å². The molecule has 0 amide bonds. The SMILES string of the molecule is CCN(C)C=Nc1cc(Br)c(OC2CC=C(C)CC2)nc1C. The van der Waals surface area contributed by atoms with Crippen LogP contribution in [0.5, 0.6) is 5.88 Å². The molecule has 0 aliphatic heterocycles. The Morgan fingerprint density at radius 1 is 1.50 bits per heavy atom. The van der Waals surface area contributed by atoms with Gasteiger partial charge in [0.05, 0.1) is 22.2 Å². The highest BCUT2D eigenvalue weighted by Gasteiger charge is 2.17. The Morgan fingerprint density at radius 3 is 2.91 bits per heavy atom. The molecular weight excluding hydrogens is 342 g/mol. The molecule has 2 rings (SSSR count). The van der Waals surface area contributed by atoms with Crippen LogP contribution in [0, 0.1) is 6.92 Å². The molecule has 0 fully saturated rings. The first-order chi connectivity index (χ1) is 10.5. The van der Waals surface area contributed by atoms with Crippen LogP contribution in [0.3, 0.4) is 0 Å². The van der Waals surface area contributed by atoms with E-state index in [1.807, 2.05) is 31.3 Å². The molecule has 4 nitrogen and oxygen atoms in total. The molecule has 0 N–H and O–H groups in total. The highest BCUT2D eigenvalue weighted by Crippen LogP contribution is 2.32. The van der Waals surface area contributed by atoms with Gasteiger partial charge in [0.2, 0.25) is 5.88 Å². The van der Waals surface area contributed by atoms with Crippen LogP contribution in [-0.2, 0) is 0 Å². The van der Waals surface area contributed by atoms with E-state index >= 15 is 0 Å². The first-order valence-electron chi connectivity index (χ1n) is 7.73. The number of hydrogen-bond donors (Lipinski definition) is 0. The van der Waals surface area contributed by atoms with Crippen molar-refractivity contribution in [3.8, 4) is 5.88 Å². The van der Waals surface area contributed by atoms with Gasteiger partial charge in [-0.05, 0) is 55.6 Å². The van der Waals surface area contributed by atoms with Crippen LogP contribution in [0.4, 0.5) is 5.69 Å². The molecule has 0 spiro atoms. The molecular formula is C17H24BrN3O. The first kappa shape index (κ1) is 17.0. The minimum absolute atomic E-state index is 0.215. The largest absolute Gasteiger partial charge is 0.473 e. The Balaban J connectivity index is 2.11. The summed E-state index contributed by atoms with van der Waals surface area (Å²) in [6.45, 7) is 7.15. The Morgan fingerprint density at radius 2 is 2.27 bits per heavy atom. The van der Waals surface area contributed by atoms with E-state index in [0.29, 0.717) is 5.88 Å². The second-order valence-corrected chi connectivity index (χ2v) is 6.62. The van der Waals surface area contributed by atoms with E-state index in [9.17, 15) is 0 Å². The zero-order chi connectivity index (χ0) is 16.1. The van der Waals surface area contributed by atoms with Crippen molar-refractivity contribution >= 4 is 28.0 Å². The summed E-state index contributed by atoms with van der Waals surface area (Å²) in [6.07, 6.45) is 7.41. The molecule has 1 aliphatic carbocycles. The Kier molecular flexibility index (Phi) is 6.00. The van der Waals surface area contributed by atoms with Crippen LogP contribution in [-0.4, -0.2) is 35.9 Å². The summed E-state index contributed by atoms with van der Waals surface area (Å²) in [7, 11) is 2.00. The summed E-state index contributed by atoms with van der Waals surface area (Å²) < 4.78 is 6.91. The number of hydrogen-bond acceptors (Lipinski definition) is 3. The Labute approximate surface area is 141 Å². The van der Waals surface area contributed by atoms with Gasteiger partial charge in [-0.25, -0.2) is 9.98 Å². The number of rotatable bonds is 5. The van der Waals surface area contributed by atoms with Gasteiger partial charge < -0.3 is 9.64 Å². The lowest BCUT2D eigenvalue weighted by Crippen LogP contribution is -2.19. The second kappa shape index (κ2) is 7.77. The molecule has 0 saturated heterocycles. The zero-order valence-electron chi connectivity index (χ0n) is 13.8. The molecule has 1 unspecified atom stereocenters. The van der Waals surface area contributed by atoms with E-state index in [4.69, 9.17) is 4.74 Å². The molecule has 1 atom stereocenters. The van der Waals surface area contributed by atoms with Gasteiger partial charge in [0.25, 0.3) is 0 Å². The maximum absolute atomic E-state index is 6.05. The van der Waals surface area contributed by atoms with Crippen molar-refractivity contribution in [3.05, 3.63) is 27.9 Å². The van der Waals surface area contributed by atoms with Gasteiger partial charge in [-0.3, -0.25) is 0 Å². The standard InChI is InChI=1S/C17H24BrN3O/c1-5-21(4)11-19-16-10-15(18)17(20-13(16)3)22-14-8-6-12(2)7-9-14/h6,10-11,14H,5,7-9H2,1-4H3. The van der Waals surface area contributed by atoms with Gasteiger partial charge in [0, 0.05) is 20.0 Å². The van der Waals surface area contributed by atoms with Crippen LogP contribution in [0.25, 0.3) is 0 Å². The number of ether oxygens (including phenoxy) is 1. The van der Waals surface area contributed by atoms with Gasteiger partial charge in [0.15, 0.2) is 0 Å². The Bertz CT molecular complexity index is 584. The molecule has 1 aliphatic rings. The molecule has 0 aromatic carbocycles. The van der Waals surface area contributed by atoms with Gasteiger partial charge in [-0.15, -0.1) is 0 Å². The normalized spacial score (nSPS) is 18.4. The maximum Gasteiger partial charge on any atom is 0.228 e. The third kappa shape index (κ3) is 4.57. The van der Waals surface area contributed by atoms with Crippen molar-refractivity contribution < 1.29 is 4.74 Å². The quantitative estimate of drug-likeness (QED) is 0.433. The predicted molar refractivity (Wildman–Crippen MR) is 95.2 cm³/mol. The fourth-order valence-electron chi connectivity index (χ4n) is 2.21. The number of aliphatic imine (C=N–C) groups is 1. The lowest BCUT2D eigenvalue weighted by Gasteiger charge is -2.22. The molecule has 1 aromatic heterocycles. The van der Waals surface area contributed by atoms with Crippen LogP contribution in [0.1, 0.15) is 38.8 Å². The maximum atomic E-state index is 6.05. The smallest absolute Gasteiger partial charge is 0.228 e. The molecule has 1 aromatic rings. The topological polar surface area (TPSA) is 37.7 Å². The van der Waals surface area contributed by atoms with Crippen molar-refractivity contribution in [1.82, 2.24) is 9.88 Å². The average Bonchev–Trinajstić information content (AvgIpc) is 2.51. The lowest BCUT2D eigenvalue weighted by atomic mass is 9.98. The molecule has 0 bridgehead atoms. The van der Waals surface area contributed by atoms with Crippen molar-refractivity contribution in [2.24, 2.45) is 4.99 Å². The zero-order valence-corrected chi connectivity index (χ0v) is 15.4. The number of halogens is 1. The highest BCUT2D eigenvalue weighted by atomic mass is 79.9. The summed E-state index contributed by atoms with van der Waals surface area (Å²) >= 11 is 3.55. The van der Waals surface area contributed by atoms with Crippen LogP contribution in [0.2, 0.25) is 0 Å². The minimum atomic E-state index is 0.215. The number of allylic oxidation sites excluding steroid dienone is 1. The Hall–Kier alpha value is -1.36. The van der Waals surface area contributed by atoms with Gasteiger partial charge >= 0.3 is 0 Å². The van der Waals surface area contributed by atoms with E-state index in [-0.39, 0.29) is 6.10 Å². The van der Waals surface area contributed by atoms with Gasteiger partial charge in [-0.1, -0.05) is 11.6 Å². The predicted octanol–water partition coefficient (Wildman–Crippen LogP) is 4.64. The fraction of sp³-hybridized carbons (Fsp3) is 0.529. The van der Waals surface area contributed by atoms with Gasteiger partial charge in [0.1, 0.15) is 6.10 Å². The van der Waals surface area contributed by atoms with E-state index in [2.05, 4.69) is 45.8 Å². The molecule has 120 valence electrons. The second-order valence-electron chi connectivity index (χ2n) is 5.76. The van der Waals surface area contributed by atoms with E-state index in [0.717, 1.165) is 41.7 Å². The average molecular weight is 366 g/mol. The molecule has 0 saturated carbocycles. The number of nitrogens with zero attached hydrogens (tertiary/aromatic N) is 3. The van der Waals surface area contributed by atoms with Crippen LogP contribution >= 0.6 is 15.9 Å². The summed E-state index contributed by atoms with van der Waals surface area (Å²) in [5, 5.41) is 0. The molecule has 1 heterocycles. The summed E-state index contributed by atoms with van der Waals surface area (Å²) in [5.74, 6) is 0.665. The van der Waals surface area contributed by atoms with Crippen molar-refractivity contribution in [1.29, 1.82) is 0 Å². The van der Waals surface area contributed by atoms with E-state index in [1.165, 1.54) is 5.57 Å². The third-order valence-corrected chi connectivity index (χ3v) is 4.44. The molecule has 5 heteroatoms. The van der Waals surface area contributed by atoms with Crippen molar-refractivity contribution in [3.63, 3.8) is 0 Å². The summed E-state index contributed by atoms with van der Waals surface area (Å²) in [5.41, 5.74) is 3.19. The highest BCUT2D eigenvalue weighted by molar-refractivity contribution is 9.10. The summed E-state index contributed by atoms with van der Waals surface area (Å²) in [6, 6.07) is 1.97. The lowest BCUT2D eigenvalue weighted by molar-refractivity contribution is 0.179. The van der Waals surface area contributed by atoms with Gasteiger partial charge in [-0.2, -0.15) is 0 Å². The van der Waals surface area contributed by atoms with E-state index in [1.54, 1.807) is 0 Å². The number of pyridine rings is 1. The summed E-state index contributed by atoms with van der Waals surface area (Å²) in [4.78, 5) is 11.1. The monoisotopic (exact) mass is 365 g/mol.